The van der Waals surface area contributed by atoms with Gasteiger partial charge >= 0.3 is 0 Å². The van der Waals surface area contributed by atoms with Crippen LogP contribution in [0.15, 0.2) is 6.20 Å². The first kappa shape index (κ1) is 9.96. The number of aromatic nitrogens is 3. The molecule has 2 fully saturated rings. The summed E-state index contributed by atoms with van der Waals surface area (Å²) in [7, 11) is 0. The van der Waals surface area contributed by atoms with Crippen LogP contribution in [-0.4, -0.2) is 27.3 Å². The van der Waals surface area contributed by atoms with Crippen molar-refractivity contribution < 1.29 is 0 Å². The molecule has 86 valence electrons. The van der Waals surface area contributed by atoms with E-state index in [1.165, 1.54) is 12.8 Å². The van der Waals surface area contributed by atoms with Gasteiger partial charge in [0.2, 0.25) is 5.95 Å². The molecule has 0 amide bonds. The maximum Gasteiger partial charge on any atom is 0.242 e. The quantitative estimate of drug-likeness (QED) is 0.794. The van der Waals surface area contributed by atoms with E-state index in [-0.39, 0.29) is 0 Å². The Hall–Kier alpha value is -1.23. The van der Waals surface area contributed by atoms with Gasteiger partial charge in [-0.3, -0.25) is 0 Å². The Kier molecular flexibility index (Phi) is 2.47. The first-order chi connectivity index (χ1) is 7.81. The van der Waals surface area contributed by atoms with Crippen molar-refractivity contribution in [1.29, 1.82) is 0 Å². The van der Waals surface area contributed by atoms with E-state index in [2.05, 4.69) is 20.5 Å². The lowest BCUT2D eigenvalue weighted by atomic mass is 10.2. The number of nitrogens with two attached hydrogens (primary N) is 1. The topological polar surface area (TPSA) is 76.7 Å². The molecular weight excluding hydrogens is 202 g/mol. The molecule has 0 spiro atoms. The van der Waals surface area contributed by atoms with Crippen molar-refractivity contribution in [2.75, 3.05) is 5.32 Å². The number of rotatable bonds is 3. The lowest BCUT2D eigenvalue weighted by molar-refractivity contribution is 0.682. The third-order valence-corrected chi connectivity index (χ3v) is 3.38. The van der Waals surface area contributed by atoms with Crippen LogP contribution in [0.25, 0.3) is 0 Å². The van der Waals surface area contributed by atoms with E-state index < -0.39 is 0 Å². The summed E-state index contributed by atoms with van der Waals surface area (Å²) in [6.45, 7) is 0. The SMILES string of the molecule is N[C@H]1CC[C@H](Nc2ncc(C3CC3)nn2)C1. The zero-order chi connectivity index (χ0) is 11.0. The summed E-state index contributed by atoms with van der Waals surface area (Å²) in [5.41, 5.74) is 6.89. The van der Waals surface area contributed by atoms with E-state index in [0.717, 1.165) is 25.0 Å². The van der Waals surface area contributed by atoms with Gasteiger partial charge in [0.15, 0.2) is 0 Å². The van der Waals surface area contributed by atoms with Crippen molar-refractivity contribution in [3.8, 4) is 0 Å². The number of hydrogen-bond donors (Lipinski definition) is 2. The summed E-state index contributed by atoms with van der Waals surface area (Å²) in [5, 5.41) is 11.6. The van der Waals surface area contributed by atoms with Crippen LogP contribution >= 0.6 is 0 Å². The Bertz CT molecular complexity index is 359. The maximum absolute atomic E-state index is 5.85. The second-order valence-corrected chi connectivity index (χ2v) is 4.90. The highest BCUT2D eigenvalue weighted by Gasteiger charge is 2.26. The van der Waals surface area contributed by atoms with Gasteiger partial charge in [-0.1, -0.05) is 0 Å². The minimum atomic E-state index is 0.330. The van der Waals surface area contributed by atoms with Crippen molar-refractivity contribution >= 4 is 5.95 Å². The molecule has 2 aliphatic rings. The van der Waals surface area contributed by atoms with Crippen LogP contribution in [0.5, 0.6) is 0 Å². The van der Waals surface area contributed by atoms with Gasteiger partial charge in [0, 0.05) is 18.0 Å². The van der Waals surface area contributed by atoms with Gasteiger partial charge in [-0.2, -0.15) is 0 Å². The second kappa shape index (κ2) is 3.97. The highest BCUT2D eigenvalue weighted by atomic mass is 15.2. The van der Waals surface area contributed by atoms with E-state index in [1.807, 2.05) is 6.20 Å². The lowest BCUT2D eigenvalue weighted by Crippen LogP contribution is -2.22. The number of anilines is 1. The summed E-state index contributed by atoms with van der Waals surface area (Å²) in [5.74, 6) is 1.26. The Balaban J connectivity index is 1.61. The number of nitrogens with zero attached hydrogens (tertiary/aromatic N) is 3. The Labute approximate surface area is 94.9 Å². The molecule has 0 aliphatic heterocycles. The van der Waals surface area contributed by atoms with Crippen molar-refractivity contribution in [1.82, 2.24) is 15.2 Å². The van der Waals surface area contributed by atoms with Crippen molar-refractivity contribution in [3.05, 3.63) is 11.9 Å². The van der Waals surface area contributed by atoms with E-state index in [1.54, 1.807) is 0 Å². The second-order valence-electron chi connectivity index (χ2n) is 4.90. The van der Waals surface area contributed by atoms with Crippen LogP contribution in [0.1, 0.15) is 43.7 Å². The summed E-state index contributed by atoms with van der Waals surface area (Å²) < 4.78 is 0. The van der Waals surface area contributed by atoms with Gasteiger partial charge < -0.3 is 11.1 Å². The Morgan fingerprint density at radius 1 is 1.19 bits per heavy atom. The molecule has 0 unspecified atom stereocenters. The van der Waals surface area contributed by atoms with Gasteiger partial charge in [0.25, 0.3) is 0 Å². The number of hydrogen-bond acceptors (Lipinski definition) is 5. The first-order valence-corrected chi connectivity index (χ1v) is 6.03. The largest absolute Gasteiger partial charge is 0.350 e. The normalized spacial score (nSPS) is 29.3. The standard InChI is InChI=1S/C11H17N5/c12-8-3-4-9(5-8)14-11-13-6-10(15-16-11)7-1-2-7/h6-9H,1-5,12H2,(H,13,14,16)/t8-,9-/m0/s1. The molecule has 5 nitrogen and oxygen atoms in total. The third-order valence-electron chi connectivity index (χ3n) is 3.38. The highest BCUT2D eigenvalue weighted by molar-refractivity contribution is 5.25. The molecule has 1 heterocycles. The smallest absolute Gasteiger partial charge is 0.242 e. The van der Waals surface area contributed by atoms with Crippen molar-refractivity contribution in [2.24, 2.45) is 5.73 Å². The Morgan fingerprint density at radius 3 is 2.62 bits per heavy atom. The summed E-state index contributed by atoms with van der Waals surface area (Å²) in [4.78, 5) is 4.30. The van der Waals surface area contributed by atoms with Crippen molar-refractivity contribution in [2.45, 2.75) is 50.1 Å². The maximum atomic E-state index is 5.85. The zero-order valence-corrected chi connectivity index (χ0v) is 9.26. The van der Waals surface area contributed by atoms with E-state index >= 15 is 0 Å². The predicted octanol–water partition coefficient (Wildman–Crippen LogP) is 1.04. The van der Waals surface area contributed by atoms with Gasteiger partial charge in [-0.05, 0) is 32.1 Å². The molecular formula is C11H17N5. The fourth-order valence-electron chi connectivity index (χ4n) is 2.25. The molecule has 2 saturated carbocycles. The lowest BCUT2D eigenvalue weighted by Gasteiger charge is -2.11. The van der Waals surface area contributed by atoms with Gasteiger partial charge in [0.05, 0.1) is 11.9 Å². The van der Waals surface area contributed by atoms with Crippen LogP contribution in [0.4, 0.5) is 5.95 Å². The first-order valence-electron chi connectivity index (χ1n) is 6.03. The highest BCUT2D eigenvalue weighted by Crippen LogP contribution is 2.38. The molecule has 0 aromatic carbocycles. The van der Waals surface area contributed by atoms with Gasteiger partial charge in [-0.25, -0.2) is 4.98 Å². The molecule has 0 saturated heterocycles. The molecule has 3 rings (SSSR count). The molecule has 2 aliphatic carbocycles. The molecule has 3 N–H and O–H groups in total. The summed E-state index contributed by atoms with van der Waals surface area (Å²) in [6, 6.07) is 0.750. The average molecular weight is 219 g/mol. The monoisotopic (exact) mass is 219 g/mol. The molecule has 1 aromatic rings. The van der Waals surface area contributed by atoms with Crippen LogP contribution in [0.2, 0.25) is 0 Å². The number of nitrogens with one attached hydrogen (secondary N) is 1. The van der Waals surface area contributed by atoms with E-state index in [4.69, 9.17) is 5.73 Å². The zero-order valence-electron chi connectivity index (χ0n) is 9.26. The summed E-state index contributed by atoms with van der Waals surface area (Å²) in [6.07, 6.45) is 7.52. The molecule has 2 atom stereocenters. The van der Waals surface area contributed by atoms with Crippen LogP contribution in [-0.2, 0) is 0 Å². The molecule has 0 radical (unpaired) electrons. The predicted molar refractivity (Wildman–Crippen MR) is 61.0 cm³/mol. The fraction of sp³-hybridized carbons (Fsp3) is 0.727. The van der Waals surface area contributed by atoms with Crippen LogP contribution in [0, 0.1) is 0 Å². The van der Waals surface area contributed by atoms with Crippen molar-refractivity contribution in [3.63, 3.8) is 0 Å². The molecule has 0 bridgehead atoms. The van der Waals surface area contributed by atoms with Gasteiger partial charge in [-0.15, -0.1) is 10.2 Å². The van der Waals surface area contributed by atoms with E-state index in [9.17, 15) is 0 Å². The van der Waals surface area contributed by atoms with Crippen LogP contribution in [0.3, 0.4) is 0 Å². The third kappa shape index (κ3) is 2.14. The molecule has 5 heteroatoms. The van der Waals surface area contributed by atoms with E-state index in [0.29, 0.717) is 23.9 Å². The molecule has 16 heavy (non-hydrogen) atoms. The minimum Gasteiger partial charge on any atom is -0.350 e. The minimum absolute atomic E-state index is 0.330. The van der Waals surface area contributed by atoms with Crippen LogP contribution < -0.4 is 11.1 Å². The molecule has 1 aromatic heterocycles. The Morgan fingerprint density at radius 2 is 2.06 bits per heavy atom. The average Bonchev–Trinajstić information content (AvgIpc) is 3.05. The van der Waals surface area contributed by atoms with Gasteiger partial charge in [0.1, 0.15) is 0 Å². The fourth-order valence-corrected chi connectivity index (χ4v) is 2.25. The summed E-state index contributed by atoms with van der Waals surface area (Å²) >= 11 is 0.